The summed E-state index contributed by atoms with van der Waals surface area (Å²) < 4.78 is 528. The number of nitrogens with one attached hydrogen (secondary N) is 1. The van der Waals surface area contributed by atoms with Crippen LogP contribution in [0.15, 0.2) is 16.1 Å². The first-order valence-corrected chi connectivity index (χ1v) is 17.1. The summed E-state index contributed by atoms with van der Waals surface area (Å²) in [4.78, 5) is 50.0. The lowest BCUT2D eigenvalue weighted by Crippen LogP contribution is -2.80. The second kappa shape index (κ2) is 18.8. The average Bonchev–Trinajstić information content (AvgIpc) is 3.22. The predicted octanol–water partition coefficient (Wildman–Crippen LogP) is 13.0. The Morgan fingerprint density at radius 1 is 0.421 bits per heavy atom. The van der Waals surface area contributed by atoms with Crippen LogP contribution >= 0.6 is 0 Å². The average molecular weight is 1210 g/mol. The first-order valence-electron chi connectivity index (χ1n) is 17.1. The van der Waals surface area contributed by atoms with Crippen LogP contribution in [-0.2, 0) is 25.0 Å². The van der Waals surface area contributed by atoms with E-state index in [9.17, 15) is 164 Å². The number of hydrogen-bond donors (Lipinski definition) is 1. The Hall–Kier alpha value is -5.67. The molecule has 0 aliphatic heterocycles. The van der Waals surface area contributed by atoms with E-state index in [2.05, 4.69) is 14.7 Å². The van der Waals surface area contributed by atoms with Crippen molar-refractivity contribution in [2.45, 2.75) is 121 Å². The molecule has 1 rings (SSSR count). The fourth-order valence-corrected chi connectivity index (χ4v) is 5.26. The zero-order valence-corrected chi connectivity index (χ0v) is 34.2. The SMILES string of the molecule is CC(=O)OCNC(=O)c1c(N=C=O)cc(N=C=O)c(C)c1C(F)(F)C(F)(F)C(F)(F)C(F)(F)C(F)(F)C(F)(F)C(F)(F)C(F)(F)C(F)(F)C(F)(F)C(F)(F)C(F)(F)C(F)(F)C(F)(F)C(F)(F)C(F)(F)C(F)(F)C(F)(F)F. The van der Waals surface area contributed by atoms with Crippen molar-refractivity contribution in [3.63, 3.8) is 0 Å². The lowest BCUT2D eigenvalue weighted by Gasteiger charge is -2.47. The third-order valence-electron chi connectivity index (χ3n) is 9.59. The molecule has 0 saturated heterocycles. The maximum atomic E-state index is 15.7. The minimum absolute atomic E-state index is 0.240. The Morgan fingerprint density at radius 3 is 0.895 bits per heavy atom. The van der Waals surface area contributed by atoms with Gasteiger partial charge < -0.3 is 10.1 Å². The molecular weight excluding hydrogens is 1200 g/mol. The van der Waals surface area contributed by atoms with Crippen molar-refractivity contribution >= 4 is 35.4 Å². The first kappa shape index (κ1) is 68.3. The lowest BCUT2D eigenvalue weighted by atomic mass is 9.81. The van der Waals surface area contributed by atoms with Crippen LogP contribution in [0.3, 0.4) is 0 Å². The van der Waals surface area contributed by atoms with Crippen molar-refractivity contribution in [3.05, 3.63) is 22.8 Å². The van der Waals surface area contributed by atoms with Crippen LogP contribution in [0.4, 0.5) is 174 Å². The summed E-state index contributed by atoms with van der Waals surface area (Å²) >= 11 is 0. The van der Waals surface area contributed by atoms with E-state index in [0.717, 1.165) is 5.32 Å². The molecule has 0 saturated carbocycles. The molecule has 0 aliphatic rings. The molecule has 0 aliphatic carbocycles. The largest absolute Gasteiger partial charge is 0.460 e. The molecule has 0 radical (unpaired) electrons. The summed E-state index contributed by atoms with van der Waals surface area (Å²) in [5.74, 6) is -174. The second-order valence-electron chi connectivity index (χ2n) is 14.2. The zero-order valence-electron chi connectivity index (χ0n) is 34.2. The summed E-state index contributed by atoms with van der Waals surface area (Å²) in [6.45, 7) is -1.61. The Labute approximate surface area is 388 Å². The van der Waals surface area contributed by atoms with Crippen LogP contribution in [0.25, 0.3) is 0 Å². The third-order valence-corrected chi connectivity index (χ3v) is 9.59. The van der Waals surface area contributed by atoms with E-state index < -0.39 is 154 Å². The van der Waals surface area contributed by atoms with Gasteiger partial charge in [-0.05, 0) is 18.6 Å². The van der Waals surface area contributed by atoms with E-state index in [1.807, 2.05) is 0 Å². The van der Waals surface area contributed by atoms with Gasteiger partial charge in [-0.25, -0.2) is 9.59 Å². The van der Waals surface area contributed by atoms with Crippen LogP contribution in [0.5, 0.6) is 0 Å². The van der Waals surface area contributed by atoms with Crippen LogP contribution in [0, 0.1) is 6.92 Å². The van der Waals surface area contributed by atoms with Gasteiger partial charge in [-0.2, -0.15) is 172 Å². The quantitative estimate of drug-likeness (QED) is 0.0408. The smallest absolute Gasteiger partial charge is 0.445 e. The topological polar surface area (TPSA) is 114 Å². The highest BCUT2D eigenvalue weighted by Crippen LogP contribution is 2.71. The predicted molar refractivity (Wildman–Crippen MR) is 160 cm³/mol. The monoisotopic (exact) mass is 1210 g/mol. The molecule has 0 bridgehead atoms. The number of aliphatic imine (C=N–C) groups is 2. The molecule has 0 unspecified atom stereocenters. The molecule has 1 amide bonds. The molecule has 1 aromatic carbocycles. The molecule has 438 valence electrons. The lowest BCUT2D eigenvalue weighted by molar-refractivity contribution is -0.493. The Morgan fingerprint density at radius 2 is 0.658 bits per heavy atom. The number of amides is 1. The molecule has 0 heterocycles. The van der Waals surface area contributed by atoms with Crippen molar-refractivity contribution < 1.29 is 186 Å². The number of halogens is 37. The van der Waals surface area contributed by atoms with E-state index in [4.69, 9.17) is 0 Å². The van der Waals surface area contributed by atoms with Crippen molar-refractivity contribution in [1.29, 1.82) is 0 Å². The minimum atomic E-state index is -10.6. The van der Waals surface area contributed by atoms with Gasteiger partial charge in [0.2, 0.25) is 12.2 Å². The number of carbonyl (C=O) groups is 2. The van der Waals surface area contributed by atoms with E-state index >= 15 is 17.6 Å². The second-order valence-corrected chi connectivity index (χ2v) is 14.2. The van der Waals surface area contributed by atoms with Crippen molar-refractivity contribution in [2.75, 3.05) is 6.73 Å². The molecule has 1 aromatic rings. The van der Waals surface area contributed by atoms with Crippen LogP contribution < -0.4 is 5.32 Å². The highest BCUT2D eigenvalue weighted by atomic mass is 19.4. The van der Waals surface area contributed by atoms with Gasteiger partial charge >= 0.3 is 113 Å². The van der Waals surface area contributed by atoms with Crippen molar-refractivity contribution in [1.82, 2.24) is 5.32 Å². The van der Waals surface area contributed by atoms with Gasteiger partial charge in [0.15, 0.2) is 6.73 Å². The number of nitrogens with zero attached hydrogens (tertiary/aromatic N) is 2. The van der Waals surface area contributed by atoms with Crippen molar-refractivity contribution in [3.8, 4) is 0 Å². The molecule has 8 nitrogen and oxygen atoms in total. The van der Waals surface area contributed by atoms with Crippen molar-refractivity contribution in [2.24, 2.45) is 9.98 Å². The standard InChI is InChI=1S/C31H10F37N3O5/c1-7-9(69-4-72)3-10(70-5-73)11(13(75)71-6-76-8(2)74)12(7)14(32,33)15(34,35)16(36,37)17(38,39)18(40,41)19(42,43)20(44,45)21(46,47)22(48,49)23(50,51)24(52,53)25(54,55)26(56,57)27(58,59)28(60,61)29(62,63)30(64,65)31(66,67)68/h3H,6H2,1-2H3,(H,71,75). The fourth-order valence-electron chi connectivity index (χ4n) is 5.26. The molecule has 1 N–H and O–H groups in total. The number of rotatable bonds is 22. The summed E-state index contributed by atoms with van der Waals surface area (Å²) in [5.41, 5.74) is -12.6. The highest BCUT2D eigenvalue weighted by Gasteiger charge is 3.02. The summed E-state index contributed by atoms with van der Waals surface area (Å²) in [5, 5.41) is 1.03. The fraction of sp³-hybridized carbons (Fsp3) is 0.677. The van der Waals surface area contributed by atoms with E-state index in [0.29, 0.717) is 13.0 Å². The first-order chi connectivity index (χ1) is 32.9. The molecular formula is C31H10F37N3O5. The number of hydrogen-bond acceptors (Lipinski definition) is 7. The van der Waals surface area contributed by atoms with Gasteiger partial charge in [-0.1, -0.05) is 0 Å². The molecule has 0 aromatic heterocycles. The summed E-state index contributed by atoms with van der Waals surface area (Å²) in [6.07, 6.45) is -7.97. The van der Waals surface area contributed by atoms with Crippen LogP contribution in [0.1, 0.15) is 28.4 Å². The molecule has 0 atom stereocenters. The number of esters is 1. The maximum Gasteiger partial charge on any atom is 0.460 e. The molecule has 76 heavy (non-hydrogen) atoms. The molecule has 45 heteroatoms. The molecule has 0 spiro atoms. The number of isocyanates is 2. The highest BCUT2D eigenvalue weighted by molar-refractivity contribution is 6.02. The minimum Gasteiger partial charge on any atom is -0.445 e. The van der Waals surface area contributed by atoms with Gasteiger partial charge in [0.05, 0.1) is 16.9 Å². The molecule has 0 fully saturated rings. The van der Waals surface area contributed by atoms with E-state index in [1.54, 1.807) is 0 Å². The zero-order chi connectivity index (χ0) is 61.7. The van der Waals surface area contributed by atoms with Gasteiger partial charge in [-0.15, -0.1) is 0 Å². The van der Waals surface area contributed by atoms with Gasteiger partial charge in [-0.3, -0.25) is 9.59 Å². The van der Waals surface area contributed by atoms with Crippen LogP contribution in [0.2, 0.25) is 0 Å². The number of alkyl halides is 37. The summed E-state index contributed by atoms with van der Waals surface area (Å²) in [6, 6.07) is -0.240. The maximum absolute atomic E-state index is 15.7. The Balaban J connectivity index is 4.35. The Kier molecular flexibility index (Phi) is 16.9. The van der Waals surface area contributed by atoms with Gasteiger partial charge in [0.1, 0.15) is 0 Å². The Bertz CT molecular complexity index is 2500. The number of carbonyl (C=O) groups excluding carboxylic acids is 4. The number of benzene rings is 1. The third kappa shape index (κ3) is 8.64. The van der Waals surface area contributed by atoms with E-state index in [-0.39, 0.29) is 19.1 Å². The van der Waals surface area contributed by atoms with E-state index in [1.165, 1.54) is 0 Å². The summed E-state index contributed by atoms with van der Waals surface area (Å²) in [7, 11) is 0. The van der Waals surface area contributed by atoms with Gasteiger partial charge in [0.25, 0.3) is 5.91 Å². The van der Waals surface area contributed by atoms with Gasteiger partial charge in [0, 0.05) is 12.5 Å². The van der Waals surface area contributed by atoms with Crippen LogP contribution in [-0.4, -0.2) is 132 Å². The number of ether oxygens (including phenoxy) is 1. The normalized spacial score (nSPS) is 15.5.